The molecule has 0 saturated carbocycles. The van der Waals surface area contributed by atoms with Crippen LogP contribution < -0.4 is 5.32 Å². The SMILES string of the molecule is Cc1nnc(C2CCCCNC2)o1. The summed E-state index contributed by atoms with van der Waals surface area (Å²) in [6.07, 6.45) is 3.66. The molecule has 0 amide bonds. The Kier molecular flexibility index (Phi) is 2.59. The second kappa shape index (κ2) is 3.87. The molecule has 1 atom stereocenters. The third kappa shape index (κ3) is 2.06. The van der Waals surface area contributed by atoms with Crippen LogP contribution in [0.3, 0.4) is 0 Å². The zero-order valence-corrected chi connectivity index (χ0v) is 7.92. The Bertz CT molecular complexity index is 264. The van der Waals surface area contributed by atoms with Gasteiger partial charge in [0.2, 0.25) is 11.8 Å². The average Bonchev–Trinajstić information content (AvgIpc) is 2.43. The molecule has 0 aromatic carbocycles. The third-order valence-electron chi connectivity index (χ3n) is 2.44. The molecule has 4 nitrogen and oxygen atoms in total. The lowest BCUT2D eigenvalue weighted by atomic mass is 10.0. The molecular formula is C9H15N3O. The van der Waals surface area contributed by atoms with Gasteiger partial charge in [-0.15, -0.1) is 10.2 Å². The molecule has 1 aromatic rings. The van der Waals surface area contributed by atoms with E-state index >= 15 is 0 Å². The van der Waals surface area contributed by atoms with Gasteiger partial charge < -0.3 is 9.73 Å². The summed E-state index contributed by atoms with van der Waals surface area (Å²) in [5.41, 5.74) is 0. The number of nitrogens with one attached hydrogen (secondary N) is 1. The van der Waals surface area contributed by atoms with Crippen LogP contribution in [-0.4, -0.2) is 23.3 Å². The van der Waals surface area contributed by atoms with E-state index in [0.29, 0.717) is 11.8 Å². The molecule has 4 heteroatoms. The minimum absolute atomic E-state index is 0.420. The molecule has 2 rings (SSSR count). The van der Waals surface area contributed by atoms with Crippen LogP contribution in [0.5, 0.6) is 0 Å². The van der Waals surface area contributed by atoms with Gasteiger partial charge in [0, 0.05) is 19.4 Å². The second-order valence-electron chi connectivity index (χ2n) is 3.56. The topological polar surface area (TPSA) is 51.0 Å². The van der Waals surface area contributed by atoms with Gasteiger partial charge in [-0.3, -0.25) is 0 Å². The minimum Gasteiger partial charge on any atom is -0.425 e. The van der Waals surface area contributed by atoms with Gasteiger partial charge in [-0.05, 0) is 19.4 Å². The van der Waals surface area contributed by atoms with Crippen LogP contribution >= 0.6 is 0 Å². The minimum atomic E-state index is 0.420. The Balaban J connectivity index is 2.06. The Morgan fingerprint density at radius 3 is 3.08 bits per heavy atom. The van der Waals surface area contributed by atoms with Gasteiger partial charge in [0.25, 0.3) is 0 Å². The molecule has 1 unspecified atom stereocenters. The number of hydrogen-bond donors (Lipinski definition) is 1. The van der Waals surface area contributed by atoms with Crippen molar-refractivity contribution in [3.05, 3.63) is 11.8 Å². The molecule has 1 aromatic heterocycles. The number of hydrogen-bond acceptors (Lipinski definition) is 4. The van der Waals surface area contributed by atoms with Crippen LogP contribution in [0.4, 0.5) is 0 Å². The van der Waals surface area contributed by atoms with Crippen molar-refractivity contribution in [2.24, 2.45) is 0 Å². The van der Waals surface area contributed by atoms with Gasteiger partial charge in [0.05, 0.1) is 0 Å². The van der Waals surface area contributed by atoms with E-state index in [4.69, 9.17) is 4.42 Å². The first-order valence-corrected chi connectivity index (χ1v) is 4.87. The second-order valence-corrected chi connectivity index (χ2v) is 3.56. The monoisotopic (exact) mass is 181 g/mol. The molecule has 0 aliphatic carbocycles. The molecule has 1 aliphatic heterocycles. The predicted molar refractivity (Wildman–Crippen MR) is 48.5 cm³/mol. The molecule has 0 spiro atoms. The van der Waals surface area contributed by atoms with Gasteiger partial charge in [-0.2, -0.15) is 0 Å². The molecule has 1 aliphatic rings. The normalized spacial score (nSPS) is 24.2. The summed E-state index contributed by atoms with van der Waals surface area (Å²) >= 11 is 0. The first kappa shape index (κ1) is 8.69. The lowest BCUT2D eigenvalue weighted by molar-refractivity contribution is 0.412. The van der Waals surface area contributed by atoms with Gasteiger partial charge >= 0.3 is 0 Å². The van der Waals surface area contributed by atoms with Gasteiger partial charge in [-0.1, -0.05) is 6.42 Å². The van der Waals surface area contributed by atoms with E-state index in [1.54, 1.807) is 0 Å². The predicted octanol–water partition coefficient (Wildman–Crippen LogP) is 1.24. The van der Waals surface area contributed by atoms with Gasteiger partial charge in [0.15, 0.2) is 0 Å². The molecule has 1 N–H and O–H groups in total. The smallest absolute Gasteiger partial charge is 0.220 e. The van der Waals surface area contributed by atoms with E-state index in [9.17, 15) is 0 Å². The molecule has 72 valence electrons. The maximum absolute atomic E-state index is 5.42. The van der Waals surface area contributed by atoms with Crippen LogP contribution in [0.15, 0.2) is 4.42 Å². The van der Waals surface area contributed by atoms with E-state index < -0.39 is 0 Å². The highest BCUT2D eigenvalue weighted by Crippen LogP contribution is 2.21. The van der Waals surface area contributed by atoms with E-state index in [0.717, 1.165) is 25.4 Å². The van der Waals surface area contributed by atoms with Crippen molar-refractivity contribution < 1.29 is 4.42 Å². The lowest BCUT2D eigenvalue weighted by Crippen LogP contribution is -2.19. The zero-order valence-electron chi connectivity index (χ0n) is 7.92. The van der Waals surface area contributed by atoms with Crippen molar-refractivity contribution in [1.29, 1.82) is 0 Å². The molecule has 1 fully saturated rings. The summed E-state index contributed by atoms with van der Waals surface area (Å²) in [5.74, 6) is 1.88. The van der Waals surface area contributed by atoms with Crippen molar-refractivity contribution in [3.63, 3.8) is 0 Å². The lowest BCUT2D eigenvalue weighted by Gasteiger charge is -2.07. The Morgan fingerprint density at radius 2 is 2.31 bits per heavy atom. The third-order valence-corrected chi connectivity index (χ3v) is 2.44. The van der Waals surface area contributed by atoms with Crippen LogP contribution in [-0.2, 0) is 0 Å². The van der Waals surface area contributed by atoms with Crippen molar-refractivity contribution in [3.8, 4) is 0 Å². The van der Waals surface area contributed by atoms with E-state index in [-0.39, 0.29) is 0 Å². The molecule has 1 saturated heterocycles. The number of rotatable bonds is 1. The number of nitrogens with zero attached hydrogens (tertiary/aromatic N) is 2. The fourth-order valence-electron chi connectivity index (χ4n) is 1.71. The number of aryl methyl sites for hydroxylation is 1. The van der Waals surface area contributed by atoms with Crippen molar-refractivity contribution in [2.45, 2.75) is 32.1 Å². The molecule has 0 bridgehead atoms. The summed E-state index contributed by atoms with van der Waals surface area (Å²) in [4.78, 5) is 0. The van der Waals surface area contributed by atoms with E-state index in [1.807, 2.05) is 6.92 Å². The Morgan fingerprint density at radius 1 is 1.38 bits per heavy atom. The highest BCUT2D eigenvalue weighted by atomic mass is 16.4. The maximum atomic E-state index is 5.42. The Hall–Kier alpha value is -0.900. The summed E-state index contributed by atoms with van der Waals surface area (Å²) in [6, 6.07) is 0. The summed E-state index contributed by atoms with van der Waals surface area (Å²) < 4.78 is 5.42. The van der Waals surface area contributed by atoms with Gasteiger partial charge in [0.1, 0.15) is 0 Å². The quantitative estimate of drug-likeness (QED) is 0.708. The van der Waals surface area contributed by atoms with Crippen molar-refractivity contribution in [1.82, 2.24) is 15.5 Å². The first-order valence-electron chi connectivity index (χ1n) is 4.87. The first-order chi connectivity index (χ1) is 6.36. The fraction of sp³-hybridized carbons (Fsp3) is 0.778. The molecule has 2 heterocycles. The molecular weight excluding hydrogens is 166 g/mol. The summed E-state index contributed by atoms with van der Waals surface area (Å²) in [6.45, 7) is 3.92. The molecule has 13 heavy (non-hydrogen) atoms. The van der Waals surface area contributed by atoms with Crippen LogP contribution in [0.1, 0.15) is 37.0 Å². The largest absolute Gasteiger partial charge is 0.425 e. The Labute approximate surface area is 77.7 Å². The van der Waals surface area contributed by atoms with E-state index in [2.05, 4.69) is 15.5 Å². The average molecular weight is 181 g/mol. The highest BCUT2D eigenvalue weighted by Gasteiger charge is 2.18. The van der Waals surface area contributed by atoms with E-state index in [1.165, 1.54) is 12.8 Å². The van der Waals surface area contributed by atoms with Crippen LogP contribution in [0.25, 0.3) is 0 Å². The maximum Gasteiger partial charge on any atom is 0.220 e. The van der Waals surface area contributed by atoms with Crippen LogP contribution in [0.2, 0.25) is 0 Å². The van der Waals surface area contributed by atoms with Crippen molar-refractivity contribution in [2.75, 3.05) is 13.1 Å². The van der Waals surface area contributed by atoms with Crippen molar-refractivity contribution >= 4 is 0 Å². The highest BCUT2D eigenvalue weighted by molar-refractivity contribution is 4.92. The zero-order chi connectivity index (χ0) is 9.10. The standard InChI is InChI=1S/C9H15N3O/c1-7-11-12-9(13-7)8-4-2-3-5-10-6-8/h8,10H,2-6H2,1H3. The van der Waals surface area contributed by atoms with Gasteiger partial charge in [-0.25, -0.2) is 0 Å². The molecule has 0 radical (unpaired) electrons. The number of aromatic nitrogens is 2. The van der Waals surface area contributed by atoms with Crippen LogP contribution in [0, 0.1) is 6.92 Å². The summed E-state index contributed by atoms with van der Waals surface area (Å²) in [5, 5.41) is 11.3. The summed E-state index contributed by atoms with van der Waals surface area (Å²) in [7, 11) is 0. The fourth-order valence-corrected chi connectivity index (χ4v) is 1.71.